The van der Waals surface area contributed by atoms with Gasteiger partial charge in [-0.25, -0.2) is 0 Å². The van der Waals surface area contributed by atoms with Crippen LogP contribution in [-0.4, -0.2) is 17.9 Å². The highest BCUT2D eigenvalue weighted by Gasteiger charge is 2.08. The molecule has 0 saturated carbocycles. The third-order valence-electron chi connectivity index (χ3n) is 2.21. The van der Waals surface area contributed by atoms with Gasteiger partial charge in [0.25, 0.3) is 0 Å². The molecule has 1 radical (unpaired) electrons. The molecular weight excluding hydrogens is 188 g/mol. The van der Waals surface area contributed by atoms with E-state index in [1.165, 1.54) is 7.05 Å². The van der Waals surface area contributed by atoms with Gasteiger partial charge < -0.3 is 0 Å². The van der Waals surface area contributed by atoms with E-state index in [1.54, 1.807) is 6.19 Å². The van der Waals surface area contributed by atoms with Gasteiger partial charge in [-0.05, 0) is 18.1 Å². The van der Waals surface area contributed by atoms with Gasteiger partial charge >= 0.3 is 0 Å². The van der Waals surface area contributed by atoms with Crippen molar-refractivity contribution >= 4 is 5.91 Å². The summed E-state index contributed by atoms with van der Waals surface area (Å²) in [4.78, 5) is 12.4. The summed E-state index contributed by atoms with van der Waals surface area (Å²) in [6.07, 6.45) is 3.88. The fourth-order valence-electron chi connectivity index (χ4n) is 1.21. The number of amides is 1. The summed E-state index contributed by atoms with van der Waals surface area (Å²) >= 11 is 0. The molecule has 0 fully saturated rings. The van der Waals surface area contributed by atoms with Crippen LogP contribution in [0.25, 0.3) is 0 Å². The van der Waals surface area contributed by atoms with Crippen LogP contribution in [0.5, 0.6) is 0 Å². The molecule has 0 saturated heterocycles. The van der Waals surface area contributed by atoms with Gasteiger partial charge in [0.15, 0.2) is 6.19 Å². The SMILES string of the molecule is Cc1ccccc1[CH]CC(=O)N(C)C#N. The molecule has 0 aliphatic carbocycles. The van der Waals surface area contributed by atoms with Crippen LogP contribution in [0.3, 0.4) is 0 Å². The van der Waals surface area contributed by atoms with Gasteiger partial charge in [-0.1, -0.05) is 24.3 Å². The molecule has 77 valence electrons. The summed E-state index contributed by atoms with van der Waals surface area (Å²) in [7, 11) is 1.47. The average molecular weight is 201 g/mol. The maximum absolute atomic E-state index is 11.3. The molecule has 0 heterocycles. The molecule has 3 heteroatoms. The van der Waals surface area contributed by atoms with Crippen LogP contribution < -0.4 is 0 Å². The summed E-state index contributed by atoms with van der Waals surface area (Å²) in [6.45, 7) is 1.99. The minimum absolute atomic E-state index is 0.194. The zero-order chi connectivity index (χ0) is 11.3. The summed E-state index contributed by atoms with van der Waals surface area (Å²) in [5, 5.41) is 8.50. The van der Waals surface area contributed by atoms with Crippen molar-refractivity contribution in [1.29, 1.82) is 5.26 Å². The Kier molecular flexibility index (Phi) is 3.87. The van der Waals surface area contributed by atoms with Crippen LogP contribution in [0.1, 0.15) is 17.5 Å². The molecule has 3 nitrogen and oxygen atoms in total. The second-order valence-electron chi connectivity index (χ2n) is 3.32. The summed E-state index contributed by atoms with van der Waals surface area (Å²) in [5.41, 5.74) is 2.17. The maximum atomic E-state index is 11.3. The lowest BCUT2D eigenvalue weighted by molar-refractivity contribution is -0.126. The monoisotopic (exact) mass is 201 g/mol. The number of aryl methyl sites for hydroxylation is 1. The van der Waals surface area contributed by atoms with E-state index in [4.69, 9.17) is 5.26 Å². The lowest BCUT2D eigenvalue weighted by atomic mass is 10.0. The zero-order valence-corrected chi connectivity index (χ0v) is 8.90. The lowest BCUT2D eigenvalue weighted by Gasteiger charge is -2.07. The second kappa shape index (κ2) is 5.16. The first-order valence-electron chi connectivity index (χ1n) is 4.70. The average Bonchev–Trinajstić information content (AvgIpc) is 2.26. The number of nitrogens with zero attached hydrogens (tertiary/aromatic N) is 2. The molecule has 1 amide bonds. The third kappa shape index (κ3) is 3.10. The highest BCUT2D eigenvalue weighted by atomic mass is 16.2. The zero-order valence-electron chi connectivity index (χ0n) is 8.90. The summed E-state index contributed by atoms with van der Waals surface area (Å²) in [6, 6.07) is 7.83. The van der Waals surface area contributed by atoms with E-state index < -0.39 is 0 Å². The van der Waals surface area contributed by atoms with Crippen molar-refractivity contribution in [3.63, 3.8) is 0 Å². The third-order valence-corrected chi connectivity index (χ3v) is 2.21. The number of carbonyl (C=O) groups is 1. The molecule has 0 spiro atoms. The van der Waals surface area contributed by atoms with E-state index in [2.05, 4.69) is 0 Å². The Morgan fingerprint density at radius 2 is 2.20 bits per heavy atom. The Morgan fingerprint density at radius 1 is 1.53 bits per heavy atom. The van der Waals surface area contributed by atoms with Crippen molar-refractivity contribution in [2.24, 2.45) is 0 Å². The first kappa shape index (κ1) is 11.3. The molecule has 1 aromatic carbocycles. The highest BCUT2D eigenvalue weighted by Crippen LogP contribution is 2.11. The van der Waals surface area contributed by atoms with Gasteiger partial charge in [-0.15, -0.1) is 0 Å². The molecule has 0 aromatic heterocycles. The Bertz CT molecular complexity index is 393. The summed E-state index contributed by atoms with van der Waals surface area (Å²) < 4.78 is 0. The predicted molar refractivity (Wildman–Crippen MR) is 57.6 cm³/mol. The largest absolute Gasteiger partial charge is 0.274 e. The molecule has 1 aromatic rings. The number of carbonyl (C=O) groups excluding carboxylic acids is 1. The second-order valence-corrected chi connectivity index (χ2v) is 3.32. The number of hydrogen-bond donors (Lipinski definition) is 0. The molecule has 1 rings (SSSR count). The van der Waals surface area contributed by atoms with Crippen molar-refractivity contribution in [3.8, 4) is 6.19 Å². The fourth-order valence-corrected chi connectivity index (χ4v) is 1.21. The molecule has 0 aliphatic heterocycles. The topological polar surface area (TPSA) is 44.1 Å². The standard InChI is InChI=1S/C12H13N2O/c1-10-5-3-4-6-11(10)7-8-12(15)14(2)9-13/h3-7H,8H2,1-2H3. The van der Waals surface area contributed by atoms with E-state index in [1.807, 2.05) is 37.6 Å². The van der Waals surface area contributed by atoms with E-state index in [-0.39, 0.29) is 12.3 Å². The quantitative estimate of drug-likeness (QED) is 0.553. The van der Waals surface area contributed by atoms with Crippen molar-refractivity contribution < 1.29 is 4.79 Å². The first-order valence-corrected chi connectivity index (χ1v) is 4.70. The number of hydrogen-bond acceptors (Lipinski definition) is 2. The van der Waals surface area contributed by atoms with Crippen LogP contribution in [0.15, 0.2) is 24.3 Å². The molecule has 0 aliphatic rings. The predicted octanol–water partition coefficient (Wildman–Crippen LogP) is 1.88. The molecule has 0 N–H and O–H groups in total. The van der Waals surface area contributed by atoms with Gasteiger partial charge in [-0.2, -0.15) is 5.26 Å². The van der Waals surface area contributed by atoms with Crippen molar-refractivity contribution in [1.82, 2.24) is 4.90 Å². The van der Waals surface area contributed by atoms with Crippen molar-refractivity contribution in [2.45, 2.75) is 13.3 Å². The normalized spacial score (nSPS) is 9.40. The molecule has 0 unspecified atom stereocenters. The maximum Gasteiger partial charge on any atom is 0.235 e. The Hall–Kier alpha value is -1.82. The number of rotatable bonds is 3. The van der Waals surface area contributed by atoms with Crippen LogP contribution in [-0.2, 0) is 4.79 Å². The van der Waals surface area contributed by atoms with Gasteiger partial charge in [0.05, 0.1) is 0 Å². The smallest absolute Gasteiger partial charge is 0.235 e. The van der Waals surface area contributed by atoms with Crippen LogP contribution >= 0.6 is 0 Å². The van der Waals surface area contributed by atoms with Gasteiger partial charge in [-0.3, -0.25) is 9.69 Å². The Balaban J connectivity index is 2.55. The van der Waals surface area contributed by atoms with Gasteiger partial charge in [0.2, 0.25) is 5.91 Å². The van der Waals surface area contributed by atoms with E-state index in [9.17, 15) is 4.79 Å². The Labute approximate surface area is 89.9 Å². The Morgan fingerprint density at radius 3 is 2.80 bits per heavy atom. The molecule has 15 heavy (non-hydrogen) atoms. The van der Waals surface area contributed by atoms with E-state index in [0.717, 1.165) is 16.0 Å². The van der Waals surface area contributed by atoms with Crippen LogP contribution in [0.2, 0.25) is 0 Å². The minimum Gasteiger partial charge on any atom is -0.274 e. The lowest BCUT2D eigenvalue weighted by Crippen LogP contribution is -2.20. The summed E-state index contributed by atoms with van der Waals surface area (Å²) in [5.74, 6) is -0.194. The fraction of sp³-hybridized carbons (Fsp3) is 0.250. The molecular formula is C12H13N2O. The number of nitriles is 1. The molecule has 0 bridgehead atoms. The van der Waals surface area contributed by atoms with Crippen molar-refractivity contribution in [2.75, 3.05) is 7.05 Å². The van der Waals surface area contributed by atoms with Crippen molar-refractivity contribution in [3.05, 3.63) is 41.8 Å². The first-order chi connectivity index (χ1) is 7.15. The van der Waals surface area contributed by atoms with Gasteiger partial charge in [0, 0.05) is 19.9 Å². The van der Waals surface area contributed by atoms with E-state index >= 15 is 0 Å². The van der Waals surface area contributed by atoms with Crippen LogP contribution in [0, 0.1) is 24.8 Å². The van der Waals surface area contributed by atoms with Crippen LogP contribution in [0.4, 0.5) is 0 Å². The van der Waals surface area contributed by atoms with E-state index in [0.29, 0.717) is 0 Å². The molecule has 0 atom stereocenters. The van der Waals surface area contributed by atoms with Gasteiger partial charge in [0.1, 0.15) is 0 Å². The number of benzene rings is 1. The highest BCUT2D eigenvalue weighted by molar-refractivity contribution is 5.79. The minimum atomic E-state index is -0.194.